The van der Waals surface area contributed by atoms with E-state index in [1.807, 2.05) is 12.4 Å². The molecule has 0 amide bonds. The summed E-state index contributed by atoms with van der Waals surface area (Å²) in [5, 5.41) is 2.57. The van der Waals surface area contributed by atoms with Gasteiger partial charge in [-0.05, 0) is 25.0 Å². The molecule has 1 saturated heterocycles. The van der Waals surface area contributed by atoms with Crippen LogP contribution in [0.25, 0.3) is 10.8 Å². The van der Waals surface area contributed by atoms with Crippen LogP contribution in [0.4, 0.5) is 5.69 Å². The summed E-state index contributed by atoms with van der Waals surface area (Å²) in [6.45, 7) is 2.39. The maximum Gasteiger partial charge on any atom is 0.0447 e. The van der Waals surface area contributed by atoms with Crippen molar-refractivity contribution in [2.24, 2.45) is 0 Å². The number of benzene rings is 1. The molecule has 1 aromatic carbocycles. The number of fused-ring (bicyclic) bond motifs is 1. The van der Waals surface area contributed by atoms with Gasteiger partial charge in [-0.25, -0.2) is 0 Å². The van der Waals surface area contributed by atoms with E-state index in [0.29, 0.717) is 0 Å². The molecule has 2 heterocycles. The first-order valence-corrected chi connectivity index (χ1v) is 5.53. The first kappa shape index (κ1) is 8.72. The molecule has 15 heavy (non-hydrogen) atoms. The Labute approximate surface area is 89.5 Å². The van der Waals surface area contributed by atoms with Crippen molar-refractivity contribution in [3.8, 4) is 0 Å². The van der Waals surface area contributed by atoms with Crippen molar-refractivity contribution >= 4 is 16.5 Å². The molecule has 0 aliphatic carbocycles. The number of anilines is 1. The van der Waals surface area contributed by atoms with Crippen molar-refractivity contribution in [3.05, 3.63) is 36.7 Å². The van der Waals surface area contributed by atoms with Crippen LogP contribution in [0.2, 0.25) is 0 Å². The predicted molar refractivity (Wildman–Crippen MR) is 63.2 cm³/mol. The molecule has 0 atom stereocenters. The summed E-state index contributed by atoms with van der Waals surface area (Å²) in [6, 6.07) is 8.58. The largest absolute Gasteiger partial charge is 0.371 e. The van der Waals surface area contributed by atoms with Crippen molar-refractivity contribution in [1.29, 1.82) is 0 Å². The van der Waals surface area contributed by atoms with E-state index in [4.69, 9.17) is 0 Å². The zero-order valence-electron chi connectivity index (χ0n) is 8.69. The average Bonchev–Trinajstić information content (AvgIpc) is 2.82. The highest BCUT2D eigenvalue weighted by Gasteiger charge is 2.13. The van der Waals surface area contributed by atoms with E-state index in [2.05, 4.69) is 34.1 Å². The number of nitrogens with zero attached hydrogens (tertiary/aromatic N) is 2. The fourth-order valence-corrected chi connectivity index (χ4v) is 2.34. The second kappa shape index (κ2) is 3.54. The Morgan fingerprint density at radius 3 is 2.80 bits per heavy atom. The number of rotatable bonds is 1. The zero-order valence-corrected chi connectivity index (χ0v) is 8.69. The second-order valence-corrected chi connectivity index (χ2v) is 4.07. The quantitative estimate of drug-likeness (QED) is 0.700. The van der Waals surface area contributed by atoms with Crippen LogP contribution in [0.1, 0.15) is 12.8 Å². The van der Waals surface area contributed by atoms with E-state index in [1.54, 1.807) is 0 Å². The third kappa shape index (κ3) is 1.46. The van der Waals surface area contributed by atoms with Crippen LogP contribution in [0.3, 0.4) is 0 Å². The molecule has 1 aromatic heterocycles. The minimum Gasteiger partial charge on any atom is -0.371 e. The van der Waals surface area contributed by atoms with Gasteiger partial charge in [-0.1, -0.05) is 12.1 Å². The van der Waals surface area contributed by atoms with Crippen LogP contribution in [0.5, 0.6) is 0 Å². The van der Waals surface area contributed by atoms with Crippen LogP contribution >= 0.6 is 0 Å². The number of pyridine rings is 1. The van der Waals surface area contributed by atoms with Crippen LogP contribution < -0.4 is 4.90 Å². The second-order valence-electron chi connectivity index (χ2n) is 4.07. The Balaban J connectivity index is 2.16. The highest BCUT2D eigenvalue weighted by Crippen LogP contribution is 2.28. The molecular formula is C13H14N2. The van der Waals surface area contributed by atoms with E-state index in [9.17, 15) is 0 Å². The van der Waals surface area contributed by atoms with Crippen molar-refractivity contribution < 1.29 is 0 Å². The molecule has 1 aliphatic rings. The SMILES string of the molecule is c1cc(N2CCCC2)c2ccncc2c1. The van der Waals surface area contributed by atoms with Crippen molar-refractivity contribution in [1.82, 2.24) is 4.98 Å². The van der Waals surface area contributed by atoms with Crippen molar-refractivity contribution in [2.75, 3.05) is 18.0 Å². The third-order valence-corrected chi connectivity index (χ3v) is 3.10. The zero-order chi connectivity index (χ0) is 10.1. The molecule has 0 radical (unpaired) electrons. The van der Waals surface area contributed by atoms with Gasteiger partial charge in [-0.2, -0.15) is 0 Å². The van der Waals surface area contributed by atoms with E-state index >= 15 is 0 Å². The molecule has 0 spiro atoms. The van der Waals surface area contributed by atoms with Gasteiger partial charge < -0.3 is 4.90 Å². The van der Waals surface area contributed by atoms with Gasteiger partial charge in [0.25, 0.3) is 0 Å². The lowest BCUT2D eigenvalue weighted by Crippen LogP contribution is -2.17. The summed E-state index contributed by atoms with van der Waals surface area (Å²) < 4.78 is 0. The first-order chi connectivity index (χ1) is 7.45. The summed E-state index contributed by atoms with van der Waals surface area (Å²) in [6.07, 6.45) is 6.46. The summed E-state index contributed by atoms with van der Waals surface area (Å²) in [5.74, 6) is 0. The molecule has 2 heteroatoms. The Morgan fingerprint density at radius 1 is 1.07 bits per heavy atom. The van der Waals surface area contributed by atoms with Crippen molar-refractivity contribution in [2.45, 2.75) is 12.8 Å². The highest BCUT2D eigenvalue weighted by atomic mass is 15.1. The molecule has 2 nitrogen and oxygen atoms in total. The Morgan fingerprint density at radius 2 is 1.93 bits per heavy atom. The van der Waals surface area contributed by atoms with Gasteiger partial charge in [0.15, 0.2) is 0 Å². The Hall–Kier alpha value is -1.57. The van der Waals surface area contributed by atoms with Gasteiger partial charge >= 0.3 is 0 Å². The number of aromatic nitrogens is 1. The van der Waals surface area contributed by atoms with Gasteiger partial charge in [0.2, 0.25) is 0 Å². The third-order valence-electron chi connectivity index (χ3n) is 3.10. The molecule has 1 fully saturated rings. The molecular weight excluding hydrogens is 184 g/mol. The molecule has 1 aliphatic heterocycles. The van der Waals surface area contributed by atoms with Crippen LogP contribution in [0.15, 0.2) is 36.7 Å². The van der Waals surface area contributed by atoms with Gasteiger partial charge in [0.1, 0.15) is 0 Å². The Bertz CT molecular complexity index is 467. The smallest absolute Gasteiger partial charge is 0.0447 e. The van der Waals surface area contributed by atoms with E-state index in [1.165, 1.54) is 42.4 Å². The topological polar surface area (TPSA) is 16.1 Å². The fraction of sp³-hybridized carbons (Fsp3) is 0.308. The summed E-state index contributed by atoms with van der Waals surface area (Å²) in [5.41, 5.74) is 1.37. The Kier molecular flexibility index (Phi) is 2.05. The minimum atomic E-state index is 1.20. The monoisotopic (exact) mass is 198 g/mol. The standard InChI is InChI=1S/C13H14N2/c1-2-9-15(8-1)13-5-3-4-11-10-14-7-6-12(11)13/h3-7,10H,1-2,8-9H2. The molecule has 0 unspecified atom stereocenters. The number of hydrogen-bond donors (Lipinski definition) is 0. The lowest BCUT2D eigenvalue weighted by Gasteiger charge is -2.19. The fourth-order valence-electron chi connectivity index (χ4n) is 2.34. The summed E-state index contributed by atoms with van der Waals surface area (Å²) >= 11 is 0. The maximum absolute atomic E-state index is 4.16. The molecule has 0 bridgehead atoms. The van der Waals surface area contributed by atoms with Gasteiger partial charge in [-0.15, -0.1) is 0 Å². The van der Waals surface area contributed by atoms with Gasteiger partial charge in [-0.3, -0.25) is 4.98 Å². The van der Waals surface area contributed by atoms with Crippen LogP contribution in [-0.2, 0) is 0 Å². The highest BCUT2D eigenvalue weighted by molar-refractivity contribution is 5.93. The average molecular weight is 198 g/mol. The lowest BCUT2D eigenvalue weighted by molar-refractivity contribution is 0.949. The van der Waals surface area contributed by atoms with Crippen LogP contribution in [-0.4, -0.2) is 18.1 Å². The first-order valence-electron chi connectivity index (χ1n) is 5.53. The van der Waals surface area contributed by atoms with Gasteiger partial charge in [0.05, 0.1) is 0 Å². The van der Waals surface area contributed by atoms with Crippen molar-refractivity contribution in [3.63, 3.8) is 0 Å². The van der Waals surface area contributed by atoms with Gasteiger partial charge in [0, 0.05) is 41.9 Å². The van der Waals surface area contributed by atoms with Crippen LogP contribution in [0, 0.1) is 0 Å². The number of hydrogen-bond acceptors (Lipinski definition) is 2. The van der Waals surface area contributed by atoms with E-state index in [0.717, 1.165) is 0 Å². The molecule has 0 saturated carbocycles. The van der Waals surface area contributed by atoms with E-state index < -0.39 is 0 Å². The lowest BCUT2D eigenvalue weighted by atomic mass is 10.1. The molecule has 2 aromatic rings. The summed E-state index contributed by atoms with van der Waals surface area (Å²) in [4.78, 5) is 6.64. The predicted octanol–water partition coefficient (Wildman–Crippen LogP) is 2.84. The maximum atomic E-state index is 4.16. The molecule has 76 valence electrons. The summed E-state index contributed by atoms with van der Waals surface area (Å²) in [7, 11) is 0. The molecule has 3 rings (SSSR count). The van der Waals surface area contributed by atoms with E-state index in [-0.39, 0.29) is 0 Å². The molecule has 0 N–H and O–H groups in total. The minimum absolute atomic E-state index is 1.20. The normalized spacial score (nSPS) is 16.1.